The molecule has 0 spiro atoms. The molecule has 3 aromatic carbocycles. The summed E-state index contributed by atoms with van der Waals surface area (Å²) in [4.78, 5) is 0. The van der Waals surface area contributed by atoms with Crippen LogP contribution in [-0.2, 0) is 6.54 Å². The van der Waals surface area contributed by atoms with Gasteiger partial charge in [-0.05, 0) is 55.0 Å². The lowest BCUT2D eigenvalue weighted by molar-refractivity contribution is 0.172. The van der Waals surface area contributed by atoms with Crippen LogP contribution in [0.4, 0.5) is 0 Å². The molecule has 0 radical (unpaired) electrons. The molecule has 3 aliphatic heterocycles. The number of benzene rings is 3. The first-order valence-corrected chi connectivity index (χ1v) is 11.7. The van der Waals surface area contributed by atoms with Crippen LogP contribution in [0.15, 0.2) is 66.9 Å². The highest BCUT2D eigenvalue weighted by atomic mass is 16.6. The van der Waals surface area contributed by atoms with Gasteiger partial charge in [0.05, 0.1) is 19.2 Å². The van der Waals surface area contributed by atoms with Gasteiger partial charge in [-0.1, -0.05) is 12.1 Å². The van der Waals surface area contributed by atoms with Crippen molar-refractivity contribution in [1.82, 2.24) is 14.8 Å². The summed E-state index contributed by atoms with van der Waals surface area (Å²) in [7, 11) is 1.68. The summed E-state index contributed by atoms with van der Waals surface area (Å²) in [5.74, 6) is 3.14. The second-order valence-electron chi connectivity index (χ2n) is 8.39. The Bertz CT molecular complexity index is 1480. The van der Waals surface area contributed by atoms with Gasteiger partial charge < -0.3 is 23.5 Å². The van der Waals surface area contributed by atoms with E-state index in [-0.39, 0.29) is 0 Å². The van der Waals surface area contributed by atoms with E-state index in [9.17, 15) is 0 Å². The van der Waals surface area contributed by atoms with Crippen molar-refractivity contribution >= 4 is 10.9 Å². The fraction of sp³-hybridized carbons (Fsp3) is 0.214. The number of nitrogens with zero attached hydrogens (tertiary/aromatic N) is 3. The first kappa shape index (κ1) is 21.3. The topological polar surface area (TPSA) is 67.6 Å². The molecule has 6 rings (SSSR count). The van der Waals surface area contributed by atoms with Gasteiger partial charge in [-0.25, -0.2) is 0 Å². The van der Waals surface area contributed by atoms with E-state index >= 15 is 0 Å². The first-order valence-electron chi connectivity index (χ1n) is 11.7. The van der Waals surface area contributed by atoms with E-state index in [1.165, 1.54) is 0 Å². The van der Waals surface area contributed by atoms with Crippen LogP contribution in [0.1, 0.15) is 12.5 Å². The monoisotopic (exact) mass is 467 g/mol. The minimum absolute atomic E-state index is 0.530. The van der Waals surface area contributed by atoms with Crippen molar-refractivity contribution in [3.8, 4) is 45.5 Å². The smallest absolute Gasteiger partial charge is 0.163 e. The van der Waals surface area contributed by atoms with Crippen molar-refractivity contribution in [2.75, 3.05) is 26.9 Å². The van der Waals surface area contributed by atoms with Crippen molar-refractivity contribution in [1.29, 1.82) is 0 Å². The molecular formula is C28H25N3O4. The van der Waals surface area contributed by atoms with Gasteiger partial charge in [-0.2, -0.15) is 0 Å². The third-order valence-electron chi connectivity index (χ3n) is 6.20. The molecule has 0 atom stereocenters. The predicted octanol–water partition coefficient (Wildman–Crippen LogP) is 5.43. The molecule has 3 aromatic rings. The Morgan fingerprint density at radius 2 is 1.66 bits per heavy atom. The Morgan fingerprint density at radius 1 is 0.886 bits per heavy atom. The van der Waals surface area contributed by atoms with Crippen LogP contribution in [0.2, 0.25) is 0 Å². The maximum absolute atomic E-state index is 5.88. The third kappa shape index (κ3) is 3.89. The molecule has 0 saturated heterocycles. The average Bonchev–Trinajstić information content (AvgIpc) is 3.32. The zero-order valence-electron chi connectivity index (χ0n) is 19.7. The van der Waals surface area contributed by atoms with E-state index in [1.807, 2.05) is 55.5 Å². The molecule has 7 nitrogen and oxygen atoms in total. The fourth-order valence-electron chi connectivity index (χ4n) is 4.56. The molecule has 0 aliphatic carbocycles. The largest absolute Gasteiger partial charge is 0.497 e. The minimum Gasteiger partial charge on any atom is -0.497 e. The Balaban J connectivity index is 1.53. The molecule has 0 aromatic heterocycles. The van der Waals surface area contributed by atoms with Gasteiger partial charge >= 0.3 is 0 Å². The molecule has 0 amide bonds. The lowest BCUT2D eigenvalue weighted by Crippen LogP contribution is -2.15. The van der Waals surface area contributed by atoms with Crippen molar-refractivity contribution in [2.45, 2.75) is 13.5 Å². The number of hydrogen-bond donors (Lipinski definition) is 0. The summed E-state index contributed by atoms with van der Waals surface area (Å²) in [6, 6.07) is 20.1. The Hall–Kier alpha value is -4.26. The van der Waals surface area contributed by atoms with E-state index in [1.54, 1.807) is 7.11 Å². The van der Waals surface area contributed by atoms with Crippen LogP contribution in [0.3, 0.4) is 0 Å². The van der Waals surface area contributed by atoms with Gasteiger partial charge in [-0.3, -0.25) is 0 Å². The van der Waals surface area contributed by atoms with E-state index < -0.39 is 0 Å². The summed E-state index contributed by atoms with van der Waals surface area (Å²) in [5, 5.41) is 10.1. The highest BCUT2D eigenvalue weighted by molar-refractivity contribution is 5.99. The number of aromatic nitrogens is 3. The third-order valence-corrected chi connectivity index (χ3v) is 6.20. The maximum atomic E-state index is 5.88. The number of methoxy groups -OCH3 is 1. The lowest BCUT2D eigenvalue weighted by Gasteiger charge is -2.21. The van der Waals surface area contributed by atoms with E-state index in [2.05, 4.69) is 33.1 Å². The number of hydrogen-bond acceptors (Lipinski definition) is 6. The number of rotatable bonds is 6. The highest BCUT2D eigenvalue weighted by Gasteiger charge is 2.23. The quantitative estimate of drug-likeness (QED) is 0.332. The van der Waals surface area contributed by atoms with Gasteiger partial charge in [0, 0.05) is 35.3 Å². The van der Waals surface area contributed by atoms with Crippen LogP contribution in [-0.4, -0.2) is 41.7 Å². The predicted molar refractivity (Wildman–Crippen MR) is 134 cm³/mol. The lowest BCUT2D eigenvalue weighted by atomic mass is 10.0. The molecule has 0 fully saturated rings. The molecule has 0 saturated carbocycles. The summed E-state index contributed by atoms with van der Waals surface area (Å²) in [6.45, 7) is 4.32. The van der Waals surface area contributed by atoms with Crippen LogP contribution in [0.5, 0.6) is 23.0 Å². The molecule has 0 N–H and O–H groups in total. The van der Waals surface area contributed by atoms with Crippen LogP contribution in [0.25, 0.3) is 33.4 Å². The molecule has 0 unspecified atom stereocenters. The molecule has 7 heteroatoms. The SMILES string of the molecule is CCOc1ccc(-c2nnc3c4cc5c(cc4n(Cc4cccc(OC)c4)cc2-3)OCCO5)cc1. The second kappa shape index (κ2) is 8.83. The summed E-state index contributed by atoms with van der Waals surface area (Å²) < 4.78 is 25.0. The maximum Gasteiger partial charge on any atom is 0.163 e. The number of ether oxygens (including phenoxy) is 4. The van der Waals surface area contributed by atoms with Crippen molar-refractivity contribution < 1.29 is 18.9 Å². The minimum atomic E-state index is 0.530. The van der Waals surface area contributed by atoms with E-state index in [0.717, 1.165) is 62.0 Å². The average molecular weight is 468 g/mol. The van der Waals surface area contributed by atoms with Gasteiger partial charge in [0.1, 0.15) is 36.1 Å². The molecular weight excluding hydrogens is 442 g/mol. The Kier molecular flexibility index (Phi) is 5.37. The van der Waals surface area contributed by atoms with Crippen LogP contribution in [0, 0.1) is 0 Å². The molecule has 35 heavy (non-hydrogen) atoms. The van der Waals surface area contributed by atoms with Gasteiger partial charge in [0.2, 0.25) is 0 Å². The van der Waals surface area contributed by atoms with Gasteiger partial charge in [0.15, 0.2) is 11.5 Å². The normalized spacial score (nSPS) is 12.7. The van der Waals surface area contributed by atoms with E-state index in [4.69, 9.17) is 18.9 Å². The first-order chi connectivity index (χ1) is 17.2. The zero-order valence-corrected chi connectivity index (χ0v) is 19.7. The zero-order chi connectivity index (χ0) is 23.8. The summed E-state index contributed by atoms with van der Waals surface area (Å²) >= 11 is 0. The van der Waals surface area contributed by atoms with Crippen LogP contribution >= 0.6 is 0 Å². The Morgan fingerprint density at radius 3 is 2.43 bits per heavy atom. The molecule has 0 bridgehead atoms. The van der Waals surface area contributed by atoms with E-state index in [0.29, 0.717) is 26.4 Å². The fourth-order valence-corrected chi connectivity index (χ4v) is 4.56. The second-order valence-corrected chi connectivity index (χ2v) is 8.39. The Labute approximate surface area is 203 Å². The van der Waals surface area contributed by atoms with Gasteiger partial charge in [-0.15, -0.1) is 10.2 Å². The van der Waals surface area contributed by atoms with Crippen LogP contribution < -0.4 is 18.9 Å². The number of pyridine rings is 1. The molecule has 3 aliphatic rings. The van der Waals surface area contributed by atoms with Gasteiger partial charge in [0.25, 0.3) is 0 Å². The molecule has 176 valence electrons. The van der Waals surface area contributed by atoms with Crippen molar-refractivity contribution in [3.63, 3.8) is 0 Å². The highest BCUT2D eigenvalue weighted by Crippen LogP contribution is 2.42. The summed E-state index contributed by atoms with van der Waals surface area (Å²) in [5.41, 5.74) is 5.76. The molecule has 3 heterocycles. The standard InChI is InChI=1S/C28H25N3O4/c1-3-33-20-9-7-19(8-10-20)27-23-17-31(16-18-5-4-6-21(13-18)32-2)24-15-26-25(34-11-12-35-26)14-22(24)28(23)30-29-27/h4-10,13-15,17H,3,11-12,16H2,1-2H3. The van der Waals surface area contributed by atoms with Crippen molar-refractivity contribution in [3.05, 3.63) is 72.4 Å². The van der Waals surface area contributed by atoms with Crippen molar-refractivity contribution in [2.24, 2.45) is 0 Å². The number of fused-ring (bicyclic) bond motifs is 4. The summed E-state index contributed by atoms with van der Waals surface area (Å²) in [6.07, 6.45) is 2.12.